The van der Waals surface area contributed by atoms with Crippen molar-refractivity contribution in [2.24, 2.45) is 5.92 Å². The minimum atomic E-state index is -0.900. The highest BCUT2D eigenvalue weighted by Gasteiger charge is 2.41. The number of aryl methyl sites for hydroxylation is 1. The highest BCUT2D eigenvalue weighted by molar-refractivity contribution is 7.08. The lowest BCUT2D eigenvalue weighted by molar-refractivity contribution is -0.141. The number of aromatic nitrogens is 2. The van der Waals surface area contributed by atoms with Gasteiger partial charge in [-0.25, -0.2) is 0 Å². The maximum absolute atomic E-state index is 12.7. The van der Waals surface area contributed by atoms with Crippen molar-refractivity contribution >= 4 is 35.0 Å². The Labute approximate surface area is 148 Å². The number of halogens is 1. The molecule has 1 aliphatic heterocycles. The maximum Gasteiger partial charge on any atom is 0.308 e. The lowest BCUT2D eigenvalue weighted by Crippen LogP contribution is -2.30. The number of carboxylic acids is 1. The van der Waals surface area contributed by atoms with E-state index in [1.165, 1.54) is 0 Å². The van der Waals surface area contributed by atoms with Crippen molar-refractivity contribution in [2.75, 3.05) is 13.1 Å². The second-order valence-electron chi connectivity index (χ2n) is 5.72. The zero-order chi connectivity index (χ0) is 17.3. The fourth-order valence-electron chi connectivity index (χ4n) is 3.01. The highest BCUT2D eigenvalue weighted by atomic mass is 35.5. The summed E-state index contributed by atoms with van der Waals surface area (Å²) in [5.74, 6) is -1.98. The fraction of sp³-hybridized carbons (Fsp3) is 0.375. The van der Waals surface area contributed by atoms with Gasteiger partial charge in [-0.1, -0.05) is 35.1 Å². The summed E-state index contributed by atoms with van der Waals surface area (Å²) in [4.78, 5) is 26.5. The van der Waals surface area contributed by atoms with E-state index in [-0.39, 0.29) is 18.4 Å². The quantitative estimate of drug-likeness (QED) is 0.900. The van der Waals surface area contributed by atoms with Crippen LogP contribution in [0.4, 0.5) is 0 Å². The molecule has 24 heavy (non-hydrogen) atoms. The van der Waals surface area contributed by atoms with E-state index in [9.17, 15) is 14.7 Å². The van der Waals surface area contributed by atoms with Crippen molar-refractivity contribution in [1.82, 2.24) is 14.5 Å². The van der Waals surface area contributed by atoms with Gasteiger partial charge >= 0.3 is 5.97 Å². The Kier molecular flexibility index (Phi) is 4.82. The molecule has 126 valence electrons. The fourth-order valence-corrected chi connectivity index (χ4v) is 3.86. The van der Waals surface area contributed by atoms with Crippen molar-refractivity contribution in [2.45, 2.75) is 19.3 Å². The van der Waals surface area contributed by atoms with Gasteiger partial charge in [-0.2, -0.15) is 0 Å². The first-order valence-electron chi connectivity index (χ1n) is 7.60. The van der Waals surface area contributed by atoms with Gasteiger partial charge in [-0.15, -0.1) is 5.10 Å². The molecule has 1 saturated heterocycles. The van der Waals surface area contributed by atoms with Crippen LogP contribution in [-0.2, 0) is 11.2 Å². The number of benzene rings is 1. The third kappa shape index (κ3) is 3.14. The number of hydrogen-bond donors (Lipinski definition) is 1. The molecule has 0 unspecified atom stereocenters. The average Bonchev–Trinajstić information content (AvgIpc) is 3.21. The van der Waals surface area contributed by atoms with Gasteiger partial charge in [0.2, 0.25) is 0 Å². The van der Waals surface area contributed by atoms with Gasteiger partial charge in [0.1, 0.15) is 4.88 Å². The van der Waals surface area contributed by atoms with Crippen LogP contribution in [0.1, 0.15) is 33.8 Å². The molecular formula is C16H16ClN3O3S. The summed E-state index contributed by atoms with van der Waals surface area (Å²) < 4.78 is 3.84. The van der Waals surface area contributed by atoms with Crippen molar-refractivity contribution in [3.8, 4) is 0 Å². The standard InChI is InChI=1S/C16H16ClN3O3S/c1-2-13-14(24-19-18-13)15(21)20-7-11(12(8-20)16(22)23)9-3-5-10(17)6-4-9/h3-6,11-12H,2,7-8H2,1H3,(H,22,23)/t11-,12+/m0/s1. The van der Waals surface area contributed by atoms with Crippen LogP contribution >= 0.6 is 23.1 Å². The molecule has 2 atom stereocenters. The molecule has 0 radical (unpaired) electrons. The van der Waals surface area contributed by atoms with Crippen molar-refractivity contribution in [3.05, 3.63) is 45.4 Å². The summed E-state index contributed by atoms with van der Waals surface area (Å²) in [5.41, 5.74) is 1.53. The third-order valence-electron chi connectivity index (χ3n) is 4.31. The van der Waals surface area contributed by atoms with Gasteiger partial charge in [0.05, 0.1) is 11.6 Å². The molecule has 3 rings (SSSR count). The molecule has 2 aromatic rings. The maximum atomic E-state index is 12.7. The SMILES string of the molecule is CCc1nnsc1C(=O)N1C[C@@H](C(=O)O)[C@H](c2ccc(Cl)cc2)C1. The number of carboxylic acid groups (broad SMARTS) is 1. The predicted octanol–water partition coefficient (Wildman–Crippen LogP) is 2.69. The molecule has 2 heterocycles. The van der Waals surface area contributed by atoms with Gasteiger partial charge in [0.15, 0.2) is 0 Å². The molecule has 0 saturated carbocycles. The smallest absolute Gasteiger partial charge is 0.308 e. The Morgan fingerprint density at radius 2 is 2.04 bits per heavy atom. The minimum Gasteiger partial charge on any atom is -0.481 e. The monoisotopic (exact) mass is 365 g/mol. The number of likely N-dealkylation sites (tertiary alicyclic amines) is 1. The van der Waals surface area contributed by atoms with Crippen molar-refractivity contribution in [1.29, 1.82) is 0 Å². The van der Waals surface area contributed by atoms with Crippen LogP contribution in [0.3, 0.4) is 0 Å². The summed E-state index contributed by atoms with van der Waals surface area (Å²) in [6.45, 7) is 2.45. The largest absolute Gasteiger partial charge is 0.481 e. The topological polar surface area (TPSA) is 83.4 Å². The number of hydrogen-bond acceptors (Lipinski definition) is 5. The summed E-state index contributed by atoms with van der Waals surface area (Å²) in [7, 11) is 0. The van der Waals surface area contributed by atoms with Crippen LogP contribution in [0.5, 0.6) is 0 Å². The molecule has 0 bridgehead atoms. The van der Waals surface area contributed by atoms with Crippen LogP contribution in [0.25, 0.3) is 0 Å². The zero-order valence-corrected chi connectivity index (χ0v) is 14.5. The molecule has 0 aliphatic carbocycles. The Balaban J connectivity index is 1.86. The van der Waals surface area contributed by atoms with E-state index in [4.69, 9.17) is 11.6 Å². The lowest BCUT2D eigenvalue weighted by Gasteiger charge is -2.16. The number of carbonyl (C=O) groups excluding carboxylic acids is 1. The van der Waals surface area contributed by atoms with E-state index >= 15 is 0 Å². The molecule has 1 aromatic carbocycles. The number of carbonyl (C=O) groups is 2. The molecule has 6 nitrogen and oxygen atoms in total. The Morgan fingerprint density at radius 3 is 2.67 bits per heavy atom. The predicted molar refractivity (Wildman–Crippen MR) is 90.5 cm³/mol. The summed E-state index contributed by atoms with van der Waals surface area (Å²) in [6, 6.07) is 7.12. The normalized spacial score (nSPS) is 20.3. The van der Waals surface area contributed by atoms with Crippen LogP contribution < -0.4 is 0 Å². The summed E-state index contributed by atoms with van der Waals surface area (Å²) in [5, 5.41) is 14.1. The van der Waals surface area contributed by atoms with E-state index in [0.29, 0.717) is 28.6 Å². The van der Waals surface area contributed by atoms with Crippen LogP contribution in [-0.4, -0.2) is 44.6 Å². The Bertz CT molecular complexity index is 762. The van der Waals surface area contributed by atoms with Gasteiger partial charge < -0.3 is 10.0 Å². The molecule has 1 aromatic heterocycles. The number of amides is 1. The first-order chi connectivity index (χ1) is 11.5. The molecule has 1 amide bonds. The average molecular weight is 366 g/mol. The van der Waals surface area contributed by atoms with Crippen LogP contribution in [0.2, 0.25) is 5.02 Å². The second-order valence-corrected chi connectivity index (χ2v) is 6.91. The zero-order valence-electron chi connectivity index (χ0n) is 13.0. The van der Waals surface area contributed by atoms with Gasteiger partial charge in [0.25, 0.3) is 5.91 Å². The molecule has 8 heteroatoms. The number of rotatable bonds is 4. The highest BCUT2D eigenvalue weighted by Crippen LogP contribution is 2.34. The molecule has 0 spiro atoms. The van der Waals surface area contributed by atoms with E-state index in [1.54, 1.807) is 17.0 Å². The van der Waals surface area contributed by atoms with Crippen molar-refractivity contribution < 1.29 is 14.7 Å². The first-order valence-corrected chi connectivity index (χ1v) is 8.75. The van der Waals surface area contributed by atoms with E-state index in [2.05, 4.69) is 9.59 Å². The second kappa shape index (κ2) is 6.86. The molecule has 1 N–H and O–H groups in total. The minimum absolute atomic E-state index is 0.183. The van der Waals surface area contributed by atoms with Crippen LogP contribution in [0, 0.1) is 5.92 Å². The number of aliphatic carboxylic acids is 1. The van der Waals surface area contributed by atoms with Crippen molar-refractivity contribution in [3.63, 3.8) is 0 Å². The first kappa shape index (κ1) is 16.9. The summed E-state index contributed by atoms with van der Waals surface area (Å²) in [6.07, 6.45) is 0.619. The summed E-state index contributed by atoms with van der Waals surface area (Å²) >= 11 is 6.96. The van der Waals surface area contributed by atoms with E-state index in [0.717, 1.165) is 17.1 Å². The molecule has 1 aliphatic rings. The van der Waals surface area contributed by atoms with E-state index in [1.807, 2.05) is 19.1 Å². The van der Waals surface area contributed by atoms with Gasteiger partial charge in [-0.05, 0) is 35.6 Å². The Morgan fingerprint density at radius 1 is 1.33 bits per heavy atom. The molecular weight excluding hydrogens is 350 g/mol. The van der Waals surface area contributed by atoms with Gasteiger partial charge in [0, 0.05) is 24.0 Å². The van der Waals surface area contributed by atoms with E-state index < -0.39 is 11.9 Å². The number of nitrogens with zero attached hydrogens (tertiary/aromatic N) is 3. The molecule has 1 fully saturated rings. The van der Waals surface area contributed by atoms with Crippen LogP contribution in [0.15, 0.2) is 24.3 Å². The van der Waals surface area contributed by atoms with Gasteiger partial charge in [-0.3, -0.25) is 9.59 Å². The third-order valence-corrected chi connectivity index (χ3v) is 5.32. The lowest BCUT2D eigenvalue weighted by atomic mass is 9.89. The Hall–Kier alpha value is -1.99.